The lowest BCUT2D eigenvalue weighted by Gasteiger charge is -2.11. The lowest BCUT2D eigenvalue weighted by Crippen LogP contribution is -2.23. The van der Waals surface area contributed by atoms with Crippen LogP contribution in [-0.2, 0) is 14.6 Å². The van der Waals surface area contributed by atoms with Crippen LogP contribution in [0.15, 0.2) is 73.0 Å². The molecule has 0 radical (unpaired) electrons. The number of nitrogens with one attached hydrogen (secondary N) is 2. The van der Waals surface area contributed by atoms with Gasteiger partial charge in [0.1, 0.15) is 4.33 Å². The van der Waals surface area contributed by atoms with Gasteiger partial charge in [0, 0.05) is 33.6 Å². The van der Waals surface area contributed by atoms with E-state index in [4.69, 9.17) is 58.0 Å². The lowest BCUT2D eigenvalue weighted by atomic mass is 10.1. The number of hydrogen-bond acceptors (Lipinski definition) is 4. The van der Waals surface area contributed by atoms with Crippen LogP contribution in [0.2, 0.25) is 15.1 Å². The van der Waals surface area contributed by atoms with E-state index in [1.165, 1.54) is 42.5 Å². The zero-order valence-electron chi connectivity index (χ0n) is 19.3. The predicted octanol–water partition coefficient (Wildman–Crippen LogP) is 6.57. The number of halogens is 5. The molecule has 6 nitrogen and oxygen atoms in total. The summed E-state index contributed by atoms with van der Waals surface area (Å²) in [6.07, 6.45) is 6.86. The Morgan fingerprint density at radius 2 is 1.73 bits per heavy atom. The maximum Gasteiger partial charge on any atom is 0.257 e. The Labute approximate surface area is 240 Å². The fourth-order valence-electron chi connectivity index (χ4n) is 3.63. The van der Waals surface area contributed by atoms with Gasteiger partial charge in [-0.05, 0) is 54.1 Å². The zero-order chi connectivity index (χ0) is 27.5. The Morgan fingerprint density at radius 3 is 2.32 bits per heavy atom. The first-order valence-electron chi connectivity index (χ1n) is 10.7. The van der Waals surface area contributed by atoms with Gasteiger partial charge in [-0.3, -0.25) is 9.59 Å². The molecule has 2 aromatic rings. The molecule has 1 fully saturated rings. The first kappa shape index (κ1) is 29.6. The summed E-state index contributed by atoms with van der Waals surface area (Å²) in [4.78, 5) is 25.9. The smallest absolute Gasteiger partial charge is 0.257 e. The zero-order valence-corrected chi connectivity index (χ0v) is 23.9. The van der Waals surface area contributed by atoms with Gasteiger partial charge in [-0.1, -0.05) is 53.5 Å². The highest BCUT2D eigenvalue weighted by atomic mass is 35.5. The van der Waals surface area contributed by atoms with E-state index >= 15 is 0 Å². The van der Waals surface area contributed by atoms with Gasteiger partial charge in [-0.15, -0.1) is 23.2 Å². The molecule has 0 aliphatic heterocycles. The monoisotopic (exact) mass is 620 g/mol. The second kappa shape index (κ2) is 11.8. The number of sulfone groups is 1. The van der Waals surface area contributed by atoms with Crippen molar-refractivity contribution in [2.75, 3.05) is 17.3 Å². The summed E-state index contributed by atoms with van der Waals surface area (Å²) in [5, 5.41) is 6.27. The summed E-state index contributed by atoms with van der Waals surface area (Å²) >= 11 is 31.2. The number of carbonyl (C=O) groups is 2. The number of amides is 2. The highest BCUT2D eigenvalue weighted by Gasteiger charge is 2.67. The van der Waals surface area contributed by atoms with Crippen molar-refractivity contribution >= 4 is 85.3 Å². The van der Waals surface area contributed by atoms with Crippen molar-refractivity contribution in [3.8, 4) is 0 Å². The molecule has 196 valence electrons. The molecule has 0 saturated heterocycles. The first-order chi connectivity index (χ1) is 17.2. The molecule has 2 N–H and O–H groups in total. The molecular weight excluding hydrogens is 602 g/mol. The summed E-state index contributed by atoms with van der Waals surface area (Å²) < 4.78 is 21.3. The average molecular weight is 623 g/mol. The Balaban J connectivity index is 1.76. The first-order valence-corrected chi connectivity index (χ1v) is 14.6. The van der Waals surface area contributed by atoms with Gasteiger partial charge in [0.25, 0.3) is 5.91 Å². The van der Waals surface area contributed by atoms with Gasteiger partial charge in [0.15, 0.2) is 9.84 Å². The number of rotatable bonds is 9. The molecule has 0 heterocycles. The normalized spacial score (nSPS) is 18.9. The van der Waals surface area contributed by atoms with Gasteiger partial charge in [0.2, 0.25) is 5.91 Å². The number of benzene rings is 2. The largest absolute Gasteiger partial charge is 0.326 e. The average Bonchev–Trinajstić information content (AvgIpc) is 3.35. The lowest BCUT2D eigenvalue weighted by molar-refractivity contribution is -0.117. The van der Waals surface area contributed by atoms with Crippen LogP contribution in [0.25, 0.3) is 0 Å². The van der Waals surface area contributed by atoms with Gasteiger partial charge in [-0.2, -0.15) is 0 Å². The van der Waals surface area contributed by atoms with Crippen molar-refractivity contribution in [2.24, 2.45) is 5.92 Å². The standard InChI is InChI=1S/C25H21Cl5N2O4S/c1-3-5-17(6-4-9-37(2,35)36)31-23(33)19-13-18(7-8-20(19)28)32-24(34)22-21(25(22,29)30)14-10-15(26)12-16(27)11-14/h3-8,10-13,21-22H,1,9H2,2H3,(H,31,33)(H,32,34)/b6-4-,17-5+. The second-order valence-corrected chi connectivity index (χ2v) is 13.2. The molecule has 2 aromatic carbocycles. The maximum absolute atomic E-state index is 13.0. The van der Waals surface area contributed by atoms with E-state index < -0.39 is 37.8 Å². The summed E-state index contributed by atoms with van der Waals surface area (Å²) in [5.74, 6) is -2.57. The topological polar surface area (TPSA) is 92.3 Å². The van der Waals surface area contributed by atoms with Gasteiger partial charge >= 0.3 is 0 Å². The van der Waals surface area contributed by atoms with Crippen LogP contribution < -0.4 is 10.6 Å². The number of alkyl halides is 2. The predicted molar refractivity (Wildman–Crippen MR) is 152 cm³/mol. The molecule has 2 unspecified atom stereocenters. The van der Waals surface area contributed by atoms with Crippen molar-refractivity contribution in [1.29, 1.82) is 0 Å². The fraction of sp³-hybridized carbons (Fsp3) is 0.200. The van der Waals surface area contributed by atoms with E-state index in [-0.39, 0.29) is 16.3 Å². The molecule has 37 heavy (non-hydrogen) atoms. The molecule has 0 spiro atoms. The Bertz CT molecular complexity index is 1400. The van der Waals surface area contributed by atoms with Crippen LogP contribution in [0.1, 0.15) is 21.8 Å². The van der Waals surface area contributed by atoms with Crippen LogP contribution in [0.4, 0.5) is 5.69 Å². The second-order valence-electron chi connectivity index (χ2n) is 8.32. The Kier molecular flexibility index (Phi) is 9.43. The Hall–Kier alpha value is -2.00. The quantitative estimate of drug-likeness (QED) is 0.244. The molecule has 0 bridgehead atoms. The van der Waals surface area contributed by atoms with Crippen LogP contribution in [0.5, 0.6) is 0 Å². The maximum atomic E-state index is 13.0. The molecule has 1 saturated carbocycles. The fourth-order valence-corrected chi connectivity index (χ4v) is 5.65. The molecule has 1 aliphatic rings. The molecular formula is C25H21Cl5N2O4S. The van der Waals surface area contributed by atoms with Gasteiger partial charge in [-0.25, -0.2) is 8.42 Å². The molecule has 1 aliphatic carbocycles. The van der Waals surface area contributed by atoms with E-state index in [2.05, 4.69) is 17.2 Å². The summed E-state index contributed by atoms with van der Waals surface area (Å²) in [5.41, 5.74) is 1.29. The van der Waals surface area contributed by atoms with E-state index in [1.54, 1.807) is 18.2 Å². The number of carbonyl (C=O) groups excluding carboxylic acids is 2. The minimum absolute atomic E-state index is 0.0722. The number of allylic oxidation sites excluding steroid dienone is 3. The summed E-state index contributed by atoms with van der Waals surface area (Å²) in [6, 6.07) is 9.24. The third kappa shape index (κ3) is 7.76. The molecule has 3 rings (SSSR count). The number of anilines is 1. The minimum atomic E-state index is -3.22. The minimum Gasteiger partial charge on any atom is -0.326 e. The van der Waals surface area contributed by atoms with E-state index in [9.17, 15) is 18.0 Å². The summed E-state index contributed by atoms with van der Waals surface area (Å²) in [6.45, 7) is 3.58. The highest BCUT2D eigenvalue weighted by molar-refractivity contribution is 7.90. The highest BCUT2D eigenvalue weighted by Crippen LogP contribution is 2.65. The van der Waals surface area contributed by atoms with Crippen molar-refractivity contribution in [1.82, 2.24) is 5.32 Å². The van der Waals surface area contributed by atoms with Crippen LogP contribution >= 0.6 is 58.0 Å². The third-order valence-electron chi connectivity index (χ3n) is 5.31. The van der Waals surface area contributed by atoms with E-state index in [1.807, 2.05) is 0 Å². The SMILES string of the molecule is C=C/C=C(\C=C/CS(C)(=O)=O)NC(=O)c1cc(NC(=O)C2C(c3cc(Cl)cc(Cl)c3)C2(Cl)Cl)ccc1Cl. The van der Waals surface area contributed by atoms with Crippen LogP contribution in [-0.4, -0.2) is 36.6 Å². The van der Waals surface area contributed by atoms with Crippen molar-refractivity contribution in [3.63, 3.8) is 0 Å². The van der Waals surface area contributed by atoms with Crippen LogP contribution in [0.3, 0.4) is 0 Å². The van der Waals surface area contributed by atoms with Gasteiger partial charge < -0.3 is 10.6 Å². The molecule has 12 heteroatoms. The van der Waals surface area contributed by atoms with Crippen molar-refractivity contribution in [3.05, 3.63) is 99.2 Å². The Morgan fingerprint density at radius 1 is 1.08 bits per heavy atom. The van der Waals surface area contributed by atoms with Crippen molar-refractivity contribution in [2.45, 2.75) is 10.3 Å². The molecule has 2 atom stereocenters. The van der Waals surface area contributed by atoms with Crippen molar-refractivity contribution < 1.29 is 18.0 Å². The van der Waals surface area contributed by atoms with Gasteiger partial charge in [0.05, 0.1) is 22.3 Å². The third-order valence-corrected chi connectivity index (χ3v) is 7.81. The molecule has 0 aromatic heterocycles. The molecule has 2 amide bonds. The number of hydrogen-bond donors (Lipinski definition) is 2. The van der Waals surface area contributed by atoms with E-state index in [0.29, 0.717) is 27.0 Å². The summed E-state index contributed by atoms with van der Waals surface area (Å²) in [7, 11) is -3.22. The van der Waals surface area contributed by atoms with E-state index in [0.717, 1.165) is 6.26 Å². The van der Waals surface area contributed by atoms with Crippen LogP contribution in [0, 0.1) is 5.92 Å².